The Labute approximate surface area is 184 Å². The van der Waals surface area contributed by atoms with E-state index in [1.165, 1.54) is 30.0 Å². The molecule has 1 aromatic carbocycles. The second kappa shape index (κ2) is 9.82. The minimum absolute atomic E-state index is 0.297. The van der Waals surface area contributed by atoms with Crippen LogP contribution >= 0.6 is 0 Å². The topological polar surface area (TPSA) is 78.9 Å². The Bertz CT molecular complexity index is 934. The third-order valence-corrected chi connectivity index (χ3v) is 7.81. The number of aromatic nitrogens is 2. The first-order valence-electron chi connectivity index (χ1n) is 11.1. The van der Waals surface area contributed by atoms with E-state index in [1.807, 2.05) is 19.1 Å². The molecule has 2 saturated heterocycles. The van der Waals surface area contributed by atoms with Crippen LogP contribution in [-0.4, -0.2) is 68.8 Å². The molecule has 168 valence electrons. The summed E-state index contributed by atoms with van der Waals surface area (Å²) < 4.78 is 32.9. The summed E-state index contributed by atoms with van der Waals surface area (Å²) in [6, 6.07) is 10.7. The van der Waals surface area contributed by atoms with Crippen LogP contribution in [0.1, 0.15) is 32.6 Å². The normalized spacial score (nSPS) is 18.6. The van der Waals surface area contributed by atoms with Gasteiger partial charge < -0.3 is 14.5 Å². The predicted molar refractivity (Wildman–Crippen MR) is 121 cm³/mol. The Kier molecular flexibility index (Phi) is 6.92. The average molecular weight is 446 g/mol. The van der Waals surface area contributed by atoms with E-state index in [0.29, 0.717) is 43.4 Å². The smallest absolute Gasteiger partial charge is 0.243 e. The van der Waals surface area contributed by atoms with Crippen LogP contribution in [0.2, 0.25) is 0 Å². The number of rotatable bonds is 6. The SMILES string of the molecule is CCOc1ccc(S(=O)(=O)N2CCN(c3ccc(N4CCCCCC4)nn3)CC2)cc1. The van der Waals surface area contributed by atoms with E-state index in [4.69, 9.17) is 4.74 Å². The van der Waals surface area contributed by atoms with Crippen molar-refractivity contribution < 1.29 is 13.2 Å². The molecule has 3 heterocycles. The maximum atomic E-state index is 13.0. The second-order valence-electron chi connectivity index (χ2n) is 7.95. The van der Waals surface area contributed by atoms with Crippen molar-refractivity contribution in [1.82, 2.24) is 14.5 Å². The van der Waals surface area contributed by atoms with Gasteiger partial charge in [-0.1, -0.05) is 12.8 Å². The monoisotopic (exact) mass is 445 g/mol. The van der Waals surface area contributed by atoms with Gasteiger partial charge in [0.1, 0.15) is 5.75 Å². The van der Waals surface area contributed by atoms with Crippen molar-refractivity contribution in [3.8, 4) is 5.75 Å². The fourth-order valence-corrected chi connectivity index (χ4v) is 5.56. The van der Waals surface area contributed by atoms with Crippen LogP contribution < -0.4 is 14.5 Å². The van der Waals surface area contributed by atoms with Crippen LogP contribution in [0, 0.1) is 0 Å². The van der Waals surface area contributed by atoms with Gasteiger partial charge in [-0.3, -0.25) is 0 Å². The Morgan fingerprint density at radius 3 is 1.84 bits per heavy atom. The highest BCUT2D eigenvalue weighted by molar-refractivity contribution is 7.89. The number of hydrogen-bond donors (Lipinski definition) is 0. The van der Waals surface area contributed by atoms with Crippen molar-refractivity contribution in [3.05, 3.63) is 36.4 Å². The maximum absolute atomic E-state index is 13.0. The minimum atomic E-state index is -3.52. The van der Waals surface area contributed by atoms with Crippen molar-refractivity contribution >= 4 is 21.7 Å². The molecule has 1 aromatic heterocycles. The third-order valence-electron chi connectivity index (χ3n) is 5.90. The molecule has 2 fully saturated rings. The van der Waals surface area contributed by atoms with E-state index in [0.717, 1.165) is 24.7 Å². The standard InChI is InChI=1S/C22H31N5O3S/c1-2-30-19-7-9-20(10-8-19)31(28,29)27-17-15-26(16-18-27)22-12-11-21(23-24-22)25-13-5-3-4-6-14-25/h7-12H,2-6,13-18H2,1H3. The minimum Gasteiger partial charge on any atom is -0.494 e. The second-order valence-corrected chi connectivity index (χ2v) is 9.88. The zero-order valence-corrected chi connectivity index (χ0v) is 18.9. The van der Waals surface area contributed by atoms with Gasteiger partial charge in [0.05, 0.1) is 11.5 Å². The summed E-state index contributed by atoms with van der Waals surface area (Å²) in [5.41, 5.74) is 0. The molecular weight excluding hydrogens is 414 g/mol. The molecule has 31 heavy (non-hydrogen) atoms. The molecule has 0 N–H and O–H groups in total. The summed E-state index contributed by atoms with van der Waals surface area (Å²) in [4.78, 5) is 4.71. The molecule has 9 heteroatoms. The van der Waals surface area contributed by atoms with E-state index in [2.05, 4.69) is 20.0 Å². The quantitative estimate of drug-likeness (QED) is 0.676. The molecule has 4 rings (SSSR count). The Hall–Kier alpha value is -2.39. The van der Waals surface area contributed by atoms with Gasteiger partial charge in [-0.15, -0.1) is 10.2 Å². The molecule has 0 radical (unpaired) electrons. The van der Waals surface area contributed by atoms with E-state index >= 15 is 0 Å². The largest absolute Gasteiger partial charge is 0.494 e. The summed E-state index contributed by atoms with van der Waals surface area (Å²) in [5, 5.41) is 8.88. The molecule has 2 aliphatic heterocycles. The summed E-state index contributed by atoms with van der Waals surface area (Å²) in [7, 11) is -3.52. The number of benzene rings is 1. The number of hydrogen-bond acceptors (Lipinski definition) is 7. The lowest BCUT2D eigenvalue weighted by Gasteiger charge is -2.34. The highest BCUT2D eigenvalue weighted by Crippen LogP contribution is 2.23. The van der Waals surface area contributed by atoms with Gasteiger partial charge in [0.25, 0.3) is 0 Å². The summed E-state index contributed by atoms with van der Waals surface area (Å²) in [5.74, 6) is 2.41. The van der Waals surface area contributed by atoms with Gasteiger partial charge in [-0.05, 0) is 56.2 Å². The molecule has 0 atom stereocenters. The molecule has 0 unspecified atom stereocenters. The first-order valence-corrected chi connectivity index (χ1v) is 12.6. The van der Waals surface area contributed by atoms with Crippen LogP contribution in [0.25, 0.3) is 0 Å². The maximum Gasteiger partial charge on any atom is 0.243 e. The van der Waals surface area contributed by atoms with Gasteiger partial charge in [-0.2, -0.15) is 4.31 Å². The molecule has 2 aliphatic rings. The molecular formula is C22H31N5O3S. The number of sulfonamides is 1. The summed E-state index contributed by atoms with van der Waals surface area (Å²) >= 11 is 0. The first-order chi connectivity index (χ1) is 15.1. The number of anilines is 2. The van der Waals surface area contributed by atoms with E-state index in [1.54, 1.807) is 24.3 Å². The molecule has 8 nitrogen and oxygen atoms in total. The molecule has 0 bridgehead atoms. The number of ether oxygens (including phenoxy) is 1. The zero-order chi connectivity index (χ0) is 21.7. The fourth-order valence-electron chi connectivity index (χ4n) is 4.14. The van der Waals surface area contributed by atoms with Crippen LogP contribution in [0.4, 0.5) is 11.6 Å². The molecule has 0 spiro atoms. The van der Waals surface area contributed by atoms with E-state index < -0.39 is 10.0 Å². The van der Waals surface area contributed by atoms with Gasteiger partial charge in [0.15, 0.2) is 11.6 Å². The lowest BCUT2D eigenvalue weighted by Crippen LogP contribution is -2.49. The molecule has 0 amide bonds. The molecule has 0 aliphatic carbocycles. The van der Waals surface area contributed by atoms with Crippen molar-refractivity contribution in [2.24, 2.45) is 0 Å². The van der Waals surface area contributed by atoms with Gasteiger partial charge in [0.2, 0.25) is 10.0 Å². The van der Waals surface area contributed by atoms with Gasteiger partial charge in [0, 0.05) is 39.3 Å². The highest BCUT2D eigenvalue weighted by atomic mass is 32.2. The highest BCUT2D eigenvalue weighted by Gasteiger charge is 2.29. The Morgan fingerprint density at radius 2 is 1.32 bits per heavy atom. The zero-order valence-electron chi connectivity index (χ0n) is 18.1. The lowest BCUT2D eigenvalue weighted by atomic mass is 10.2. The summed E-state index contributed by atoms with van der Waals surface area (Å²) in [6.45, 7) is 6.55. The van der Waals surface area contributed by atoms with Crippen molar-refractivity contribution in [2.45, 2.75) is 37.5 Å². The number of nitrogens with zero attached hydrogens (tertiary/aromatic N) is 5. The van der Waals surface area contributed by atoms with Crippen LogP contribution in [0.5, 0.6) is 5.75 Å². The molecule has 0 saturated carbocycles. The van der Waals surface area contributed by atoms with Crippen LogP contribution in [-0.2, 0) is 10.0 Å². The van der Waals surface area contributed by atoms with Gasteiger partial charge in [-0.25, -0.2) is 8.42 Å². The van der Waals surface area contributed by atoms with Crippen molar-refractivity contribution in [3.63, 3.8) is 0 Å². The van der Waals surface area contributed by atoms with Gasteiger partial charge >= 0.3 is 0 Å². The summed E-state index contributed by atoms with van der Waals surface area (Å²) in [6.07, 6.45) is 4.97. The molecule has 2 aromatic rings. The third kappa shape index (κ3) is 5.10. The van der Waals surface area contributed by atoms with Crippen LogP contribution in [0.15, 0.2) is 41.3 Å². The Morgan fingerprint density at radius 1 is 0.774 bits per heavy atom. The van der Waals surface area contributed by atoms with Crippen molar-refractivity contribution in [1.29, 1.82) is 0 Å². The van der Waals surface area contributed by atoms with E-state index in [9.17, 15) is 8.42 Å². The predicted octanol–water partition coefficient (Wildman–Crippen LogP) is 2.77. The van der Waals surface area contributed by atoms with E-state index in [-0.39, 0.29) is 0 Å². The number of piperazine rings is 1. The Balaban J connectivity index is 1.36. The first kappa shape index (κ1) is 21.8. The van der Waals surface area contributed by atoms with Crippen molar-refractivity contribution in [2.75, 3.05) is 55.7 Å². The lowest BCUT2D eigenvalue weighted by molar-refractivity contribution is 0.340. The fraction of sp³-hybridized carbons (Fsp3) is 0.545. The van der Waals surface area contributed by atoms with Crippen LogP contribution in [0.3, 0.4) is 0 Å². The average Bonchev–Trinajstić information content (AvgIpc) is 3.10.